The second kappa shape index (κ2) is 7.95. The van der Waals surface area contributed by atoms with Gasteiger partial charge in [-0.1, -0.05) is 52.0 Å². The normalized spacial score (nSPS) is 11.0. The van der Waals surface area contributed by atoms with E-state index < -0.39 is 0 Å². The first-order valence-corrected chi connectivity index (χ1v) is 8.19. The second-order valence-electron chi connectivity index (χ2n) is 6.42. The van der Waals surface area contributed by atoms with E-state index in [9.17, 15) is 9.18 Å². The van der Waals surface area contributed by atoms with E-state index in [-0.39, 0.29) is 18.3 Å². The van der Waals surface area contributed by atoms with Crippen molar-refractivity contribution in [3.63, 3.8) is 0 Å². The molecule has 0 aliphatic heterocycles. The number of rotatable bonds is 6. The lowest BCUT2D eigenvalue weighted by Crippen LogP contribution is -2.22. The summed E-state index contributed by atoms with van der Waals surface area (Å²) in [7, 11) is 0. The Labute approximate surface area is 142 Å². The van der Waals surface area contributed by atoms with Crippen molar-refractivity contribution < 1.29 is 13.9 Å². The molecule has 24 heavy (non-hydrogen) atoms. The van der Waals surface area contributed by atoms with E-state index in [1.807, 2.05) is 18.2 Å². The first-order chi connectivity index (χ1) is 11.4. The molecule has 0 aliphatic carbocycles. The smallest absolute Gasteiger partial charge is 0.262 e. The van der Waals surface area contributed by atoms with Crippen molar-refractivity contribution in [1.29, 1.82) is 0 Å². The summed E-state index contributed by atoms with van der Waals surface area (Å²) < 4.78 is 18.5. The van der Waals surface area contributed by atoms with Crippen LogP contribution in [-0.4, -0.2) is 12.5 Å². The molecule has 0 saturated heterocycles. The van der Waals surface area contributed by atoms with Crippen LogP contribution in [0.25, 0.3) is 0 Å². The first-order valence-electron chi connectivity index (χ1n) is 8.19. The van der Waals surface area contributed by atoms with Gasteiger partial charge in [0.05, 0.1) is 0 Å². The van der Waals surface area contributed by atoms with E-state index in [2.05, 4.69) is 33.0 Å². The molecule has 2 aromatic carbocycles. The van der Waals surface area contributed by atoms with Gasteiger partial charge in [-0.2, -0.15) is 0 Å². The number of hydrogen-bond donors (Lipinski definition) is 1. The monoisotopic (exact) mass is 329 g/mol. The first kappa shape index (κ1) is 18.0. The van der Waals surface area contributed by atoms with Gasteiger partial charge >= 0.3 is 0 Å². The van der Waals surface area contributed by atoms with Crippen molar-refractivity contribution in [2.24, 2.45) is 0 Å². The van der Waals surface area contributed by atoms with Crippen molar-refractivity contribution in [3.05, 3.63) is 59.4 Å². The molecule has 0 radical (unpaired) electrons. The van der Waals surface area contributed by atoms with Gasteiger partial charge in [-0.05, 0) is 35.1 Å². The summed E-state index contributed by atoms with van der Waals surface area (Å²) in [5, 5.41) is 2.97. The van der Waals surface area contributed by atoms with Gasteiger partial charge in [-0.15, -0.1) is 0 Å². The van der Waals surface area contributed by atoms with Gasteiger partial charge in [0.2, 0.25) is 0 Å². The molecule has 3 nitrogen and oxygen atoms in total. The van der Waals surface area contributed by atoms with Crippen LogP contribution in [0, 0.1) is 5.82 Å². The molecule has 4 heteroatoms. The maximum Gasteiger partial charge on any atom is 0.262 e. The van der Waals surface area contributed by atoms with Gasteiger partial charge in [0.1, 0.15) is 11.6 Å². The Balaban J connectivity index is 2.13. The Bertz CT molecular complexity index is 684. The zero-order chi connectivity index (χ0) is 17.7. The molecule has 128 valence electrons. The number of carbonyl (C=O) groups excluding carboxylic acids is 1. The summed E-state index contributed by atoms with van der Waals surface area (Å²) in [5.41, 5.74) is 3.05. The van der Waals surface area contributed by atoms with Crippen LogP contribution in [0.15, 0.2) is 42.5 Å². The van der Waals surface area contributed by atoms with Crippen molar-refractivity contribution in [2.75, 3.05) is 11.9 Å². The third kappa shape index (κ3) is 4.57. The van der Waals surface area contributed by atoms with Crippen LogP contribution in [0.5, 0.6) is 5.75 Å². The van der Waals surface area contributed by atoms with E-state index in [1.54, 1.807) is 12.1 Å². The molecular formula is C20H24FNO2. The van der Waals surface area contributed by atoms with Gasteiger partial charge in [0, 0.05) is 11.8 Å². The molecule has 2 rings (SSSR count). The molecule has 0 atom stereocenters. The van der Waals surface area contributed by atoms with E-state index in [1.165, 1.54) is 12.1 Å². The van der Waals surface area contributed by atoms with Crippen LogP contribution in [0.3, 0.4) is 0 Å². The second-order valence-corrected chi connectivity index (χ2v) is 6.42. The fourth-order valence-electron chi connectivity index (χ4n) is 2.58. The van der Waals surface area contributed by atoms with Crippen molar-refractivity contribution in [3.8, 4) is 5.75 Å². The Morgan fingerprint density at radius 2 is 1.62 bits per heavy atom. The van der Waals surface area contributed by atoms with Crippen molar-refractivity contribution in [1.82, 2.24) is 0 Å². The molecule has 0 unspecified atom stereocenters. The molecule has 1 amide bonds. The number of benzene rings is 2. The maximum absolute atomic E-state index is 13.1. The number of para-hydroxylation sites is 1. The van der Waals surface area contributed by atoms with Crippen LogP contribution in [0.2, 0.25) is 0 Å². The summed E-state index contributed by atoms with van der Waals surface area (Å²) in [4.78, 5) is 12.3. The number of nitrogens with one attached hydrogen (secondary N) is 1. The largest absolute Gasteiger partial charge is 0.484 e. The molecule has 0 saturated carbocycles. The van der Waals surface area contributed by atoms with Gasteiger partial charge in [0.15, 0.2) is 6.61 Å². The minimum absolute atomic E-state index is 0.159. The molecule has 2 aromatic rings. The number of carbonyl (C=O) groups is 1. The molecule has 0 fully saturated rings. The van der Waals surface area contributed by atoms with Crippen LogP contribution in [0.1, 0.15) is 50.7 Å². The Morgan fingerprint density at radius 3 is 2.17 bits per heavy atom. The average molecular weight is 329 g/mol. The molecular weight excluding hydrogens is 305 g/mol. The summed E-state index contributed by atoms with van der Waals surface area (Å²) in [5.74, 6) is 0.284. The van der Waals surface area contributed by atoms with Crippen LogP contribution >= 0.6 is 0 Å². The predicted octanol–water partition coefficient (Wildman–Crippen LogP) is 5.09. The van der Waals surface area contributed by atoms with Crippen molar-refractivity contribution in [2.45, 2.75) is 39.5 Å². The highest BCUT2D eigenvalue weighted by Gasteiger charge is 2.16. The minimum atomic E-state index is -0.389. The highest BCUT2D eigenvalue weighted by Crippen LogP contribution is 2.32. The van der Waals surface area contributed by atoms with Crippen molar-refractivity contribution >= 4 is 11.6 Å². The molecule has 0 aromatic heterocycles. The Hall–Kier alpha value is -2.36. The Kier molecular flexibility index (Phi) is 5.96. The van der Waals surface area contributed by atoms with Gasteiger partial charge in [-0.3, -0.25) is 4.79 Å². The summed E-state index contributed by atoms with van der Waals surface area (Å²) in [6.07, 6.45) is 0. The summed E-state index contributed by atoms with van der Waals surface area (Å²) in [6, 6.07) is 11.8. The highest BCUT2D eigenvalue weighted by atomic mass is 19.1. The van der Waals surface area contributed by atoms with E-state index in [0.29, 0.717) is 17.6 Å². The number of hydrogen-bond acceptors (Lipinski definition) is 2. The standard InChI is InChI=1S/C20H24FNO2/c1-13(2)17-9-6-10-18(14(3)4)20(17)22-19(23)12-24-16-8-5-7-15(21)11-16/h5-11,13-14H,12H2,1-4H3,(H,22,23). The van der Waals surface area contributed by atoms with Gasteiger partial charge < -0.3 is 10.1 Å². The third-order valence-electron chi connectivity index (χ3n) is 3.80. The van der Waals surface area contributed by atoms with E-state index in [4.69, 9.17) is 4.74 Å². The summed E-state index contributed by atoms with van der Waals surface area (Å²) in [6.45, 7) is 8.22. The minimum Gasteiger partial charge on any atom is -0.484 e. The quantitative estimate of drug-likeness (QED) is 0.801. The predicted molar refractivity (Wildman–Crippen MR) is 95.1 cm³/mol. The maximum atomic E-state index is 13.1. The van der Waals surface area contributed by atoms with E-state index in [0.717, 1.165) is 16.8 Å². The van der Waals surface area contributed by atoms with E-state index >= 15 is 0 Å². The molecule has 0 heterocycles. The highest BCUT2D eigenvalue weighted by molar-refractivity contribution is 5.93. The fraction of sp³-hybridized carbons (Fsp3) is 0.350. The molecule has 0 bridgehead atoms. The lowest BCUT2D eigenvalue weighted by atomic mass is 9.92. The zero-order valence-corrected chi connectivity index (χ0v) is 14.6. The fourth-order valence-corrected chi connectivity index (χ4v) is 2.58. The SMILES string of the molecule is CC(C)c1cccc(C(C)C)c1NC(=O)COc1cccc(F)c1. The molecule has 0 spiro atoms. The number of anilines is 1. The Morgan fingerprint density at radius 1 is 1.04 bits per heavy atom. The lowest BCUT2D eigenvalue weighted by Gasteiger charge is -2.20. The number of amides is 1. The summed E-state index contributed by atoms with van der Waals surface area (Å²) >= 11 is 0. The topological polar surface area (TPSA) is 38.3 Å². The zero-order valence-electron chi connectivity index (χ0n) is 14.6. The average Bonchev–Trinajstić information content (AvgIpc) is 2.52. The lowest BCUT2D eigenvalue weighted by molar-refractivity contribution is -0.118. The van der Waals surface area contributed by atoms with Crippen LogP contribution in [0.4, 0.5) is 10.1 Å². The van der Waals surface area contributed by atoms with Gasteiger partial charge in [-0.25, -0.2) is 4.39 Å². The number of halogens is 1. The third-order valence-corrected chi connectivity index (χ3v) is 3.80. The molecule has 1 N–H and O–H groups in total. The number of ether oxygens (including phenoxy) is 1. The van der Waals surface area contributed by atoms with Crippen LogP contribution < -0.4 is 10.1 Å². The van der Waals surface area contributed by atoms with Gasteiger partial charge in [0.25, 0.3) is 5.91 Å². The van der Waals surface area contributed by atoms with Crippen LogP contribution in [-0.2, 0) is 4.79 Å². The molecule has 0 aliphatic rings.